The lowest BCUT2D eigenvalue weighted by Gasteiger charge is -2.14. The lowest BCUT2D eigenvalue weighted by atomic mass is 10.2. The number of nitrogens with zero attached hydrogens (tertiary/aromatic N) is 3. The number of ether oxygens (including phenoxy) is 1. The van der Waals surface area contributed by atoms with E-state index in [9.17, 15) is 13.2 Å². The summed E-state index contributed by atoms with van der Waals surface area (Å²) in [6.45, 7) is 4.21. The van der Waals surface area contributed by atoms with Crippen LogP contribution in [0.3, 0.4) is 0 Å². The second-order valence-corrected chi connectivity index (χ2v) is 5.30. The molecule has 0 radical (unpaired) electrons. The minimum absolute atomic E-state index is 0. The summed E-state index contributed by atoms with van der Waals surface area (Å²) in [4.78, 5) is 11.9. The van der Waals surface area contributed by atoms with Crippen LogP contribution in [0.5, 0.6) is 5.88 Å². The molecule has 0 amide bonds. The maximum Gasteiger partial charge on any atom is 0.421 e. The molecule has 0 aliphatic heterocycles. The van der Waals surface area contributed by atoms with Gasteiger partial charge in [-0.05, 0) is 26.0 Å². The molecule has 7 nitrogen and oxygen atoms in total. The number of hydrogen-bond donors (Lipinski definition) is 2. The van der Waals surface area contributed by atoms with Crippen molar-refractivity contribution in [3.05, 3.63) is 41.2 Å². The predicted octanol–water partition coefficient (Wildman–Crippen LogP) is 3.07. The maximum atomic E-state index is 12.9. The fraction of sp³-hybridized carbons (Fsp3) is 0.438. The topological polar surface area (TPSA) is 84.6 Å². The van der Waals surface area contributed by atoms with Gasteiger partial charge in [0.2, 0.25) is 11.8 Å². The Labute approximate surface area is 171 Å². The largest absolute Gasteiger partial charge is 0.475 e. The number of halogens is 4. The van der Waals surface area contributed by atoms with Crippen molar-refractivity contribution in [1.82, 2.24) is 20.6 Å². The minimum atomic E-state index is -4.51. The summed E-state index contributed by atoms with van der Waals surface area (Å²) in [5.74, 6) is 1.26. The molecule has 2 N–H and O–H groups in total. The zero-order chi connectivity index (χ0) is 19.2. The average molecular weight is 499 g/mol. The third kappa shape index (κ3) is 6.88. The Bertz CT molecular complexity index is 745. The number of aryl methyl sites for hydroxylation is 2. The number of aromatic nitrogens is 2. The van der Waals surface area contributed by atoms with Crippen LogP contribution in [0.15, 0.2) is 27.7 Å². The normalized spacial score (nSPS) is 11.7. The number of alkyl halides is 3. The molecule has 0 aromatic carbocycles. The van der Waals surface area contributed by atoms with Crippen LogP contribution in [-0.2, 0) is 12.7 Å². The van der Waals surface area contributed by atoms with Crippen LogP contribution in [0.2, 0.25) is 0 Å². The third-order valence-corrected chi connectivity index (χ3v) is 3.41. The highest BCUT2D eigenvalue weighted by Crippen LogP contribution is 2.34. The summed E-state index contributed by atoms with van der Waals surface area (Å²) < 4.78 is 49.1. The molecule has 0 atom stereocenters. The van der Waals surface area contributed by atoms with Gasteiger partial charge in [0.1, 0.15) is 17.9 Å². The highest BCUT2D eigenvalue weighted by molar-refractivity contribution is 14.0. The molecule has 0 fully saturated rings. The Balaban J connectivity index is 0.00000364. The quantitative estimate of drug-likeness (QED) is 0.275. The lowest BCUT2D eigenvalue weighted by molar-refractivity contribution is -0.139. The van der Waals surface area contributed by atoms with Crippen LogP contribution in [-0.4, -0.2) is 36.1 Å². The molecule has 0 saturated carbocycles. The second kappa shape index (κ2) is 10.3. The van der Waals surface area contributed by atoms with Crippen molar-refractivity contribution in [3.63, 3.8) is 0 Å². The summed E-state index contributed by atoms with van der Waals surface area (Å²) in [6.07, 6.45) is -3.26. The van der Waals surface area contributed by atoms with Crippen molar-refractivity contribution in [2.45, 2.75) is 26.6 Å². The molecule has 11 heteroatoms. The number of nitrogens with one attached hydrogen (secondary N) is 2. The second-order valence-electron chi connectivity index (χ2n) is 5.30. The van der Waals surface area contributed by atoms with Crippen molar-refractivity contribution < 1.29 is 22.3 Å². The molecule has 2 heterocycles. The Morgan fingerprint density at radius 2 is 2.04 bits per heavy atom. The molecular formula is C16H21F3IN5O2. The number of oxazole rings is 1. The van der Waals surface area contributed by atoms with E-state index in [0.717, 1.165) is 17.5 Å². The molecule has 0 saturated heterocycles. The van der Waals surface area contributed by atoms with Crippen LogP contribution >= 0.6 is 24.0 Å². The number of hydrogen-bond acceptors (Lipinski definition) is 5. The molecule has 150 valence electrons. The van der Waals surface area contributed by atoms with E-state index in [4.69, 9.17) is 9.15 Å². The molecule has 0 bridgehead atoms. The molecule has 2 rings (SSSR count). The number of guanidine groups is 1. The first kappa shape index (κ1) is 23.0. The molecule has 0 unspecified atom stereocenters. The van der Waals surface area contributed by atoms with Gasteiger partial charge < -0.3 is 19.8 Å². The Morgan fingerprint density at radius 3 is 2.63 bits per heavy atom. The third-order valence-electron chi connectivity index (χ3n) is 3.41. The molecule has 27 heavy (non-hydrogen) atoms. The summed E-state index contributed by atoms with van der Waals surface area (Å²) in [5.41, 5.74) is -0.0916. The van der Waals surface area contributed by atoms with E-state index in [1.165, 1.54) is 12.3 Å². The van der Waals surface area contributed by atoms with Gasteiger partial charge in [-0.1, -0.05) is 0 Å². The van der Waals surface area contributed by atoms with Gasteiger partial charge in [-0.2, -0.15) is 13.2 Å². The van der Waals surface area contributed by atoms with Crippen LogP contribution in [0.4, 0.5) is 13.2 Å². The van der Waals surface area contributed by atoms with Crippen LogP contribution in [0.25, 0.3) is 0 Å². The Hall–Kier alpha value is -2.05. The highest BCUT2D eigenvalue weighted by Gasteiger charge is 2.34. The van der Waals surface area contributed by atoms with E-state index in [1.54, 1.807) is 7.05 Å². The van der Waals surface area contributed by atoms with Gasteiger partial charge in [0, 0.05) is 13.2 Å². The predicted molar refractivity (Wildman–Crippen MR) is 104 cm³/mol. The Kier molecular flexibility index (Phi) is 8.79. The van der Waals surface area contributed by atoms with Crippen molar-refractivity contribution in [2.24, 2.45) is 4.99 Å². The van der Waals surface area contributed by atoms with E-state index in [1.807, 2.05) is 13.8 Å². The molecule has 2 aromatic heterocycles. The molecule has 0 aliphatic rings. The first-order valence-electron chi connectivity index (χ1n) is 7.83. The standard InChI is InChI=1S/C16H20F3N5O2.HI/c1-10-11(2)26-13(24-10)9-23-15(20-3)22-7-8-25-14-12(16(17,18)19)5-4-6-21-14;/h4-6H,7-9H2,1-3H3,(H2,20,22,23);1H. The molecule has 2 aromatic rings. The van der Waals surface area contributed by atoms with E-state index in [0.29, 0.717) is 18.4 Å². The van der Waals surface area contributed by atoms with Crippen molar-refractivity contribution in [2.75, 3.05) is 20.2 Å². The monoisotopic (exact) mass is 499 g/mol. The van der Waals surface area contributed by atoms with Crippen LogP contribution in [0.1, 0.15) is 22.9 Å². The summed E-state index contributed by atoms with van der Waals surface area (Å²) in [5, 5.41) is 5.92. The van der Waals surface area contributed by atoms with Crippen molar-refractivity contribution >= 4 is 29.9 Å². The smallest absolute Gasteiger partial charge is 0.421 e. The fourth-order valence-electron chi connectivity index (χ4n) is 2.03. The molecule has 0 spiro atoms. The van der Waals surface area contributed by atoms with Crippen LogP contribution < -0.4 is 15.4 Å². The van der Waals surface area contributed by atoms with Gasteiger partial charge >= 0.3 is 6.18 Å². The van der Waals surface area contributed by atoms with E-state index >= 15 is 0 Å². The van der Waals surface area contributed by atoms with E-state index in [2.05, 4.69) is 25.6 Å². The maximum absolute atomic E-state index is 12.9. The number of aliphatic imine (C=N–C) groups is 1. The highest BCUT2D eigenvalue weighted by atomic mass is 127. The number of rotatable bonds is 6. The van der Waals surface area contributed by atoms with Gasteiger partial charge in [-0.15, -0.1) is 24.0 Å². The van der Waals surface area contributed by atoms with Gasteiger partial charge in [0.25, 0.3) is 0 Å². The molecule has 0 aliphatic carbocycles. The lowest BCUT2D eigenvalue weighted by Crippen LogP contribution is -2.39. The van der Waals surface area contributed by atoms with Crippen molar-refractivity contribution in [3.8, 4) is 5.88 Å². The summed E-state index contributed by atoms with van der Waals surface area (Å²) >= 11 is 0. The summed E-state index contributed by atoms with van der Waals surface area (Å²) in [6, 6.07) is 2.14. The van der Waals surface area contributed by atoms with Crippen LogP contribution in [0, 0.1) is 13.8 Å². The van der Waals surface area contributed by atoms with Crippen molar-refractivity contribution in [1.29, 1.82) is 0 Å². The average Bonchev–Trinajstić information content (AvgIpc) is 2.91. The first-order valence-corrected chi connectivity index (χ1v) is 7.83. The van der Waals surface area contributed by atoms with Gasteiger partial charge in [0.05, 0.1) is 18.8 Å². The minimum Gasteiger partial charge on any atom is -0.475 e. The Morgan fingerprint density at radius 1 is 1.30 bits per heavy atom. The summed E-state index contributed by atoms with van der Waals surface area (Å²) in [7, 11) is 1.57. The SMILES string of the molecule is CN=C(NCCOc1ncccc1C(F)(F)F)NCc1nc(C)c(C)o1.I. The van der Waals surface area contributed by atoms with Gasteiger partial charge in [-0.25, -0.2) is 9.97 Å². The van der Waals surface area contributed by atoms with E-state index < -0.39 is 17.6 Å². The van der Waals surface area contributed by atoms with Gasteiger partial charge in [-0.3, -0.25) is 4.99 Å². The zero-order valence-corrected chi connectivity index (χ0v) is 17.4. The number of pyridine rings is 1. The molecular weight excluding hydrogens is 478 g/mol. The first-order chi connectivity index (χ1) is 12.3. The van der Waals surface area contributed by atoms with Gasteiger partial charge in [0.15, 0.2) is 5.96 Å². The van der Waals surface area contributed by atoms with E-state index in [-0.39, 0.29) is 37.1 Å². The fourth-order valence-corrected chi connectivity index (χ4v) is 2.03. The zero-order valence-electron chi connectivity index (χ0n) is 15.1.